The number of hydrogen-bond donors (Lipinski definition) is 3. The molecule has 1 atom stereocenters. The average molecular weight is 232 g/mol. The summed E-state index contributed by atoms with van der Waals surface area (Å²) < 4.78 is 0. The Balaban J connectivity index is 2.82. The number of nitrogen functional groups attached to an aromatic ring is 1. The van der Waals surface area contributed by atoms with Gasteiger partial charge in [-0.1, -0.05) is 0 Å². The van der Waals surface area contributed by atoms with Gasteiger partial charge >= 0.3 is 0 Å². The van der Waals surface area contributed by atoms with Crippen LogP contribution in [0.15, 0.2) is 18.2 Å². The first kappa shape index (κ1) is 12.8. The lowest BCUT2D eigenvalue weighted by atomic mass is 10.1. The van der Waals surface area contributed by atoms with Crippen LogP contribution in [0.4, 0.5) is 11.4 Å². The van der Waals surface area contributed by atoms with E-state index in [0.717, 1.165) is 0 Å². The van der Waals surface area contributed by atoms with Crippen LogP contribution in [0.25, 0.3) is 0 Å². The van der Waals surface area contributed by atoms with E-state index < -0.39 is 6.04 Å². The van der Waals surface area contributed by atoms with Crippen molar-refractivity contribution < 1.29 is 4.79 Å². The largest absolute Gasteiger partial charge is 0.399 e. The minimum absolute atomic E-state index is 0.104. The third-order valence-corrected chi connectivity index (χ3v) is 2.28. The molecule has 0 aliphatic heterocycles. The Morgan fingerprint density at radius 1 is 1.59 bits per heavy atom. The summed E-state index contributed by atoms with van der Waals surface area (Å²) in [5.41, 5.74) is 7.15. The van der Waals surface area contributed by atoms with E-state index in [2.05, 4.69) is 10.6 Å². The molecule has 17 heavy (non-hydrogen) atoms. The van der Waals surface area contributed by atoms with Crippen LogP contribution in [0.3, 0.4) is 0 Å². The maximum absolute atomic E-state index is 11.5. The molecular weight excluding hydrogens is 216 g/mol. The van der Waals surface area contributed by atoms with Gasteiger partial charge in [-0.15, -0.1) is 0 Å². The summed E-state index contributed by atoms with van der Waals surface area (Å²) in [5.74, 6) is -0.104. The van der Waals surface area contributed by atoms with Crippen molar-refractivity contribution in [1.82, 2.24) is 5.32 Å². The summed E-state index contributed by atoms with van der Waals surface area (Å²) >= 11 is 0. The van der Waals surface area contributed by atoms with Crippen LogP contribution in [0.2, 0.25) is 0 Å². The number of amides is 1. The van der Waals surface area contributed by atoms with Gasteiger partial charge in [-0.3, -0.25) is 4.79 Å². The highest BCUT2D eigenvalue weighted by Gasteiger charge is 2.13. The number of nitriles is 1. The molecule has 0 heterocycles. The topological polar surface area (TPSA) is 90.9 Å². The van der Waals surface area contributed by atoms with E-state index in [0.29, 0.717) is 23.5 Å². The zero-order valence-corrected chi connectivity index (χ0v) is 9.95. The molecule has 5 heteroatoms. The van der Waals surface area contributed by atoms with E-state index in [4.69, 9.17) is 11.0 Å². The third-order valence-electron chi connectivity index (χ3n) is 2.28. The molecule has 90 valence electrons. The predicted octanol–water partition coefficient (Wildman–Crippen LogP) is 1.08. The van der Waals surface area contributed by atoms with E-state index in [1.165, 1.54) is 0 Å². The number of anilines is 2. The minimum atomic E-state index is -0.398. The smallest absolute Gasteiger partial charge is 0.242 e. The molecule has 1 aromatic rings. The van der Waals surface area contributed by atoms with Crippen LogP contribution in [0.5, 0.6) is 0 Å². The van der Waals surface area contributed by atoms with Gasteiger partial charge in [0.05, 0.1) is 11.3 Å². The number of likely N-dealkylation sites (N-methyl/N-ethyl adjacent to an activating group) is 1. The van der Waals surface area contributed by atoms with E-state index in [1.54, 1.807) is 25.1 Å². The van der Waals surface area contributed by atoms with Crippen LogP contribution in [0.1, 0.15) is 19.4 Å². The molecule has 4 N–H and O–H groups in total. The first-order valence-electron chi connectivity index (χ1n) is 5.42. The number of nitrogens with two attached hydrogens (primary N) is 1. The van der Waals surface area contributed by atoms with Gasteiger partial charge in [-0.05, 0) is 32.0 Å². The van der Waals surface area contributed by atoms with Crippen molar-refractivity contribution in [2.24, 2.45) is 0 Å². The van der Waals surface area contributed by atoms with E-state index in [1.807, 2.05) is 13.0 Å². The highest BCUT2D eigenvalue weighted by Crippen LogP contribution is 2.18. The molecule has 0 aliphatic carbocycles. The summed E-state index contributed by atoms with van der Waals surface area (Å²) in [5, 5.41) is 14.6. The van der Waals surface area contributed by atoms with E-state index in [-0.39, 0.29) is 5.91 Å². The summed E-state index contributed by atoms with van der Waals surface area (Å²) in [6.07, 6.45) is 0. The minimum Gasteiger partial charge on any atom is -0.399 e. The number of nitrogens with one attached hydrogen (secondary N) is 2. The molecule has 5 nitrogen and oxygen atoms in total. The second-order valence-electron chi connectivity index (χ2n) is 3.68. The van der Waals surface area contributed by atoms with Crippen molar-refractivity contribution in [2.75, 3.05) is 17.6 Å². The van der Waals surface area contributed by atoms with Crippen LogP contribution in [0, 0.1) is 11.3 Å². The standard InChI is InChI=1S/C12H16N4O/c1-3-15-12(17)8(2)16-11-5-4-10(14)6-9(11)7-13/h4-6,8,16H,3,14H2,1-2H3,(H,15,17). The first-order chi connectivity index (χ1) is 8.08. The normalized spacial score (nSPS) is 11.4. The molecule has 0 spiro atoms. The van der Waals surface area contributed by atoms with Crippen molar-refractivity contribution in [3.8, 4) is 6.07 Å². The number of carbonyl (C=O) groups excluding carboxylic acids is 1. The quantitative estimate of drug-likeness (QED) is 0.677. The number of hydrogen-bond acceptors (Lipinski definition) is 4. The van der Waals surface area contributed by atoms with Crippen LogP contribution < -0.4 is 16.4 Å². The van der Waals surface area contributed by atoms with Crippen LogP contribution in [-0.4, -0.2) is 18.5 Å². The zero-order chi connectivity index (χ0) is 12.8. The molecule has 1 aromatic carbocycles. The van der Waals surface area contributed by atoms with Crippen molar-refractivity contribution in [3.63, 3.8) is 0 Å². The second kappa shape index (κ2) is 5.75. The van der Waals surface area contributed by atoms with Crippen molar-refractivity contribution in [1.29, 1.82) is 5.26 Å². The van der Waals surface area contributed by atoms with Gasteiger partial charge in [0.2, 0.25) is 5.91 Å². The van der Waals surface area contributed by atoms with Gasteiger partial charge in [0.15, 0.2) is 0 Å². The fourth-order valence-corrected chi connectivity index (χ4v) is 1.41. The zero-order valence-electron chi connectivity index (χ0n) is 9.95. The molecule has 0 saturated heterocycles. The molecule has 0 aliphatic rings. The number of carbonyl (C=O) groups is 1. The molecule has 1 rings (SSSR count). The SMILES string of the molecule is CCNC(=O)C(C)Nc1ccc(N)cc1C#N. The maximum Gasteiger partial charge on any atom is 0.242 e. The molecule has 0 radical (unpaired) electrons. The van der Waals surface area contributed by atoms with Gasteiger partial charge in [0.25, 0.3) is 0 Å². The second-order valence-corrected chi connectivity index (χ2v) is 3.68. The molecule has 0 saturated carbocycles. The van der Waals surface area contributed by atoms with Gasteiger partial charge in [0.1, 0.15) is 12.1 Å². The Bertz CT molecular complexity index is 450. The van der Waals surface area contributed by atoms with Crippen molar-refractivity contribution in [2.45, 2.75) is 19.9 Å². The predicted molar refractivity (Wildman–Crippen MR) is 67.3 cm³/mol. The maximum atomic E-state index is 11.5. The van der Waals surface area contributed by atoms with E-state index in [9.17, 15) is 4.79 Å². The lowest BCUT2D eigenvalue weighted by Gasteiger charge is -2.15. The first-order valence-corrected chi connectivity index (χ1v) is 5.42. The molecule has 1 unspecified atom stereocenters. The Labute approximate surface area is 101 Å². The van der Waals surface area contributed by atoms with Gasteiger partial charge in [-0.2, -0.15) is 5.26 Å². The summed E-state index contributed by atoms with van der Waals surface area (Å²) in [4.78, 5) is 11.5. The highest BCUT2D eigenvalue weighted by atomic mass is 16.2. The van der Waals surface area contributed by atoms with Crippen LogP contribution in [-0.2, 0) is 4.79 Å². The fourth-order valence-electron chi connectivity index (χ4n) is 1.41. The van der Waals surface area contributed by atoms with Crippen molar-refractivity contribution >= 4 is 17.3 Å². The molecule has 0 bridgehead atoms. The molecule has 0 aromatic heterocycles. The van der Waals surface area contributed by atoms with Gasteiger partial charge < -0.3 is 16.4 Å². The lowest BCUT2D eigenvalue weighted by Crippen LogP contribution is -2.37. The number of benzene rings is 1. The summed E-state index contributed by atoms with van der Waals surface area (Å²) in [6, 6.07) is 6.60. The van der Waals surface area contributed by atoms with E-state index >= 15 is 0 Å². The monoisotopic (exact) mass is 232 g/mol. The average Bonchev–Trinajstić information content (AvgIpc) is 2.31. The summed E-state index contributed by atoms with van der Waals surface area (Å²) in [6.45, 7) is 4.18. The van der Waals surface area contributed by atoms with Gasteiger partial charge in [-0.25, -0.2) is 0 Å². The fraction of sp³-hybridized carbons (Fsp3) is 0.333. The Kier molecular flexibility index (Phi) is 4.35. The highest BCUT2D eigenvalue weighted by molar-refractivity contribution is 5.84. The molecule has 0 fully saturated rings. The molecule has 1 amide bonds. The lowest BCUT2D eigenvalue weighted by molar-refractivity contribution is -0.121. The third kappa shape index (κ3) is 3.38. The molecular formula is C12H16N4O. The number of nitrogens with zero attached hydrogens (tertiary/aromatic N) is 1. The Hall–Kier alpha value is -2.22. The van der Waals surface area contributed by atoms with Crippen LogP contribution >= 0.6 is 0 Å². The Morgan fingerprint density at radius 2 is 2.29 bits per heavy atom. The Morgan fingerprint density at radius 3 is 2.88 bits per heavy atom. The van der Waals surface area contributed by atoms with Crippen molar-refractivity contribution in [3.05, 3.63) is 23.8 Å². The van der Waals surface area contributed by atoms with Gasteiger partial charge in [0, 0.05) is 12.2 Å². The summed E-state index contributed by atoms with van der Waals surface area (Å²) in [7, 11) is 0. The number of rotatable bonds is 4.